The van der Waals surface area contributed by atoms with Crippen molar-refractivity contribution in [2.45, 2.75) is 103 Å². The molecule has 3 nitrogen and oxygen atoms in total. The van der Waals surface area contributed by atoms with Gasteiger partial charge in [0, 0.05) is 6.54 Å². The fourth-order valence-electron chi connectivity index (χ4n) is 4.29. The van der Waals surface area contributed by atoms with Gasteiger partial charge in [-0.2, -0.15) is 0 Å². The van der Waals surface area contributed by atoms with E-state index >= 15 is 0 Å². The lowest BCUT2D eigenvalue weighted by Crippen LogP contribution is -2.24. The monoisotopic (exact) mass is 425 g/mol. The van der Waals surface area contributed by atoms with Gasteiger partial charge in [0.1, 0.15) is 5.75 Å². The number of phenolic OH excluding ortho intramolecular Hbond substituents is 1. The van der Waals surface area contributed by atoms with Crippen LogP contribution >= 0.6 is 0 Å². The van der Waals surface area contributed by atoms with Crippen molar-refractivity contribution in [2.75, 3.05) is 6.54 Å². The number of fused-ring (bicyclic) bond motifs is 1. The molecule has 2 N–H and O–H groups in total. The Bertz CT molecular complexity index is 756. The van der Waals surface area contributed by atoms with Crippen molar-refractivity contribution in [1.82, 2.24) is 5.32 Å². The van der Waals surface area contributed by atoms with Gasteiger partial charge in [-0.1, -0.05) is 127 Å². The predicted molar refractivity (Wildman–Crippen MR) is 133 cm³/mol. The molecule has 0 heterocycles. The Morgan fingerprint density at radius 3 is 1.81 bits per heavy atom. The van der Waals surface area contributed by atoms with Gasteiger partial charge in [0.25, 0.3) is 5.91 Å². The molecule has 0 saturated carbocycles. The van der Waals surface area contributed by atoms with Crippen molar-refractivity contribution in [3.63, 3.8) is 0 Å². The number of hydrogen-bond acceptors (Lipinski definition) is 2. The van der Waals surface area contributed by atoms with Crippen LogP contribution in [0.2, 0.25) is 0 Å². The Morgan fingerprint density at radius 1 is 0.710 bits per heavy atom. The number of benzene rings is 2. The second-order valence-electron chi connectivity index (χ2n) is 8.89. The molecular weight excluding hydrogens is 382 g/mol. The van der Waals surface area contributed by atoms with Gasteiger partial charge in [-0.25, -0.2) is 0 Å². The third-order valence-corrected chi connectivity index (χ3v) is 6.20. The number of hydrogen-bond donors (Lipinski definition) is 2. The normalized spacial score (nSPS) is 11.1. The van der Waals surface area contributed by atoms with Crippen LogP contribution in [0.15, 0.2) is 36.4 Å². The molecule has 0 unspecified atom stereocenters. The molecule has 0 spiro atoms. The Morgan fingerprint density at radius 2 is 1.23 bits per heavy atom. The molecule has 0 saturated heterocycles. The molecule has 0 atom stereocenters. The zero-order chi connectivity index (χ0) is 22.2. The lowest BCUT2D eigenvalue weighted by molar-refractivity contribution is 0.0952. The lowest BCUT2D eigenvalue weighted by Gasteiger charge is -2.10. The third-order valence-electron chi connectivity index (χ3n) is 6.20. The molecule has 0 aromatic heterocycles. The summed E-state index contributed by atoms with van der Waals surface area (Å²) in [6, 6.07) is 11.1. The van der Waals surface area contributed by atoms with Crippen LogP contribution in [0.25, 0.3) is 10.8 Å². The second-order valence-corrected chi connectivity index (χ2v) is 8.89. The van der Waals surface area contributed by atoms with E-state index in [-0.39, 0.29) is 11.7 Å². The molecule has 31 heavy (non-hydrogen) atoms. The van der Waals surface area contributed by atoms with Crippen LogP contribution in [0.1, 0.15) is 114 Å². The highest BCUT2D eigenvalue weighted by Crippen LogP contribution is 2.26. The summed E-state index contributed by atoms with van der Waals surface area (Å²) in [4.78, 5) is 12.6. The molecule has 2 aromatic rings. The summed E-state index contributed by atoms with van der Waals surface area (Å²) in [6.07, 6.45) is 20.0. The van der Waals surface area contributed by atoms with Gasteiger partial charge >= 0.3 is 0 Å². The number of phenols is 1. The maximum atomic E-state index is 12.6. The van der Waals surface area contributed by atoms with Crippen LogP contribution in [-0.2, 0) is 0 Å². The minimum Gasteiger partial charge on any atom is -0.507 e. The molecule has 2 aromatic carbocycles. The van der Waals surface area contributed by atoms with E-state index in [1.54, 1.807) is 6.07 Å². The van der Waals surface area contributed by atoms with E-state index < -0.39 is 0 Å². The van der Waals surface area contributed by atoms with Crippen molar-refractivity contribution >= 4 is 16.7 Å². The van der Waals surface area contributed by atoms with Crippen molar-refractivity contribution in [1.29, 1.82) is 0 Å². The summed E-state index contributed by atoms with van der Waals surface area (Å²) >= 11 is 0. The molecule has 0 aliphatic heterocycles. The number of nitrogens with one attached hydrogen (secondary N) is 1. The average molecular weight is 426 g/mol. The van der Waals surface area contributed by atoms with E-state index in [4.69, 9.17) is 0 Å². The van der Waals surface area contributed by atoms with Crippen molar-refractivity contribution in [2.24, 2.45) is 0 Å². The van der Waals surface area contributed by atoms with E-state index in [1.807, 2.05) is 30.3 Å². The summed E-state index contributed by atoms with van der Waals surface area (Å²) in [5.41, 5.74) is 0.388. The standard InChI is InChI=1S/C28H43NO2/c1-2-3-4-5-6-7-8-9-10-11-12-13-14-15-18-23-29-28(31)27-25-20-17-16-19-24(25)21-22-26(27)30/h16-17,19-22,30H,2-15,18,23H2,1H3,(H,29,31). The minimum absolute atomic E-state index is 0.0488. The first-order chi connectivity index (χ1) is 15.2. The van der Waals surface area contributed by atoms with Gasteiger partial charge in [0.15, 0.2) is 0 Å². The Labute approximate surface area is 189 Å². The smallest absolute Gasteiger partial charge is 0.255 e. The fraction of sp³-hybridized carbons (Fsp3) is 0.607. The van der Waals surface area contributed by atoms with E-state index in [0.717, 1.165) is 23.6 Å². The summed E-state index contributed by atoms with van der Waals surface area (Å²) in [6.45, 7) is 2.94. The summed E-state index contributed by atoms with van der Waals surface area (Å²) in [7, 11) is 0. The van der Waals surface area contributed by atoms with Gasteiger partial charge in [-0.3, -0.25) is 4.79 Å². The van der Waals surface area contributed by atoms with Crippen LogP contribution in [0.5, 0.6) is 5.75 Å². The summed E-state index contributed by atoms with van der Waals surface area (Å²) < 4.78 is 0. The molecule has 3 heteroatoms. The number of carbonyl (C=O) groups is 1. The van der Waals surface area contributed by atoms with Crippen LogP contribution in [0.3, 0.4) is 0 Å². The molecular formula is C28H43NO2. The average Bonchev–Trinajstić information content (AvgIpc) is 2.78. The van der Waals surface area contributed by atoms with Crippen LogP contribution < -0.4 is 5.32 Å². The highest BCUT2D eigenvalue weighted by molar-refractivity contribution is 6.09. The quantitative estimate of drug-likeness (QED) is 0.251. The van der Waals surface area contributed by atoms with Gasteiger partial charge in [0.05, 0.1) is 5.56 Å². The first-order valence-electron chi connectivity index (χ1n) is 12.7. The number of aromatic hydroxyl groups is 1. The number of carbonyl (C=O) groups excluding carboxylic acids is 1. The highest BCUT2D eigenvalue weighted by Gasteiger charge is 2.14. The van der Waals surface area contributed by atoms with Gasteiger partial charge in [-0.05, 0) is 23.3 Å². The molecule has 0 bridgehead atoms. The molecule has 1 amide bonds. The van der Waals surface area contributed by atoms with Crippen molar-refractivity contribution in [3.8, 4) is 5.75 Å². The highest BCUT2D eigenvalue weighted by atomic mass is 16.3. The predicted octanol–water partition coefficient (Wildman–Crippen LogP) is 8.15. The molecule has 2 rings (SSSR count). The maximum absolute atomic E-state index is 12.6. The zero-order valence-corrected chi connectivity index (χ0v) is 19.6. The third kappa shape index (κ3) is 9.76. The minimum atomic E-state index is -0.181. The number of rotatable bonds is 17. The topological polar surface area (TPSA) is 49.3 Å². The molecule has 0 aliphatic carbocycles. The van der Waals surface area contributed by atoms with E-state index in [2.05, 4.69) is 12.2 Å². The SMILES string of the molecule is CCCCCCCCCCCCCCCCCNC(=O)c1c(O)ccc2ccccc12. The van der Waals surface area contributed by atoms with Crippen LogP contribution in [-0.4, -0.2) is 17.6 Å². The van der Waals surface area contributed by atoms with Crippen LogP contribution in [0.4, 0.5) is 0 Å². The van der Waals surface area contributed by atoms with Crippen LogP contribution in [0, 0.1) is 0 Å². The van der Waals surface area contributed by atoms with E-state index in [1.165, 1.54) is 83.5 Å². The largest absolute Gasteiger partial charge is 0.507 e. The van der Waals surface area contributed by atoms with Crippen molar-refractivity contribution < 1.29 is 9.90 Å². The van der Waals surface area contributed by atoms with E-state index in [9.17, 15) is 9.90 Å². The maximum Gasteiger partial charge on any atom is 0.255 e. The van der Waals surface area contributed by atoms with Gasteiger partial charge < -0.3 is 10.4 Å². The first kappa shape index (κ1) is 25.2. The molecule has 0 fully saturated rings. The second kappa shape index (κ2) is 15.7. The summed E-state index contributed by atoms with van der Waals surface area (Å²) in [5.74, 6) is -0.132. The molecule has 172 valence electrons. The van der Waals surface area contributed by atoms with E-state index in [0.29, 0.717) is 12.1 Å². The Hall–Kier alpha value is -2.03. The Balaban J connectivity index is 1.46. The molecule has 0 aliphatic rings. The fourth-order valence-corrected chi connectivity index (χ4v) is 4.29. The molecule has 0 radical (unpaired) electrons. The first-order valence-corrected chi connectivity index (χ1v) is 12.7. The zero-order valence-electron chi connectivity index (χ0n) is 19.6. The van der Waals surface area contributed by atoms with Gasteiger partial charge in [0.2, 0.25) is 0 Å². The van der Waals surface area contributed by atoms with Gasteiger partial charge in [-0.15, -0.1) is 0 Å². The Kier molecular flexibility index (Phi) is 12.8. The number of unbranched alkanes of at least 4 members (excludes halogenated alkanes) is 14. The number of amides is 1. The lowest BCUT2D eigenvalue weighted by atomic mass is 10.0. The summed E-state index contributed by atoms with van der Waals surface area (Å²) in [5, 5.41) is 14.9. The van der Waals surface area contributed by atoms with Crippen molar-refractivity contribution in [3.05, 3.63) is 42.0 Å².